The van der Waals surface area contributed by atoms with Crippen LogP contribution in [0.5, 0.6) is 0 Å². The van der Waals surface area contributed by atoms with Crippen LogP contribution in [-0.4, -0.2) is 193 Å². The van der Waals surface area contributed by atoms with Gasteiger partial charge in [-0.2, -0.15) is 15.3 Å². The average Bonchev–Trinajstić information content (AvgIpc) is 4.11. The molecule has 3 aliphatic heterocycles. The number of hydrogen-bond acceptors (Lipinski definition) is 18. The van der Waals surface area contributed by atoms with Gasteiger partial charge in [-0.15, -0.1) is 0 Å². The number of nitrogens with zero attached hydrogens (tertiary/aromatic N) is 14. The van der Waals surface area contributed by atoms with Gasteiger partial charge in [-0.25, -0.2) is 47.7 Å². The molecule has 3 saturated heterocycles. The van der Waals surface area contributed by atoms with Gasteiger partial charge < -0.3 is 54.8 Å². The van der Waals surface area contributed by atoms with Crippen molar-refractivity contribution in [1.29, 1.82) is 0 Å². The van der Waals surface area contributed by atoms with Crippen LogP contribution in [0, 0.1) is 0 Å². The van der Waals surface area contributed by atoms with Gasteiger partial charge >= 0.3 is 43.1 Å². The summed E-state index contributed by atoms with van der Waals surface area (Å²) in [6, 6.07) is 5.27. The third kappa shape index (κ3) is 18.8. The molecule has 6 aromatic heterocycles. The van der Waals surface area contributed by atoms with E-state index in [9.17, 15) is 33.9 Å². The van der Waals surface area contributed by atoms with Crippen molar-refractivity contribution >= 4 is 76.0 Å². The number of likely N-dealkylation sites (tertiary alicyclic amines) is 1. The molecular formula is C51H72ClLiN14O12. The van der Waals surface area contributed by atoms with Crippen LogP contribution in [0.4, 0.5) is 26.0 Å². The van der Waals surface area contributed by atoms with Crippen LogP contribution in [0.3, 0.4) is 0 Å². The average molecular weight is 1120 g/mol. The second-order valence-corrected chi connectivity index (χ2v) is 21.5. The number of Topliss-reactive ketones (excluding diaryl/α,β-unsaturated/α-hetero) is 2. The van der Waals surface area contributed by atoms with Gasteiger partial charge in [0.1, 0.15) is 39.2 Å². The molecule has 426 valence electrons. The number of carbonyl (C=O) groups excluding carboxylic acids is 5. The van der Waals surface area contributed by atoms with Gasteiger partial charge in [-0.1, -0.05) is 11.6 Å². The number of amides is 3. The van der Waals surface area contributed by atoms with E-state index in [1.165, 1.54) is 47.9 Å². The number of carboxylic acid groups (broad SMARTS) is 1. The van der Waals surface area contributed by atoms with E-state index in [4.69, 9.17) is 25.8 Å². The number of aromatic nitrogens is 9. The van der Waals surface area contributed by atoms with Crippen molar-refractivity contribution in [3.63, 3.8) is 0 Å². The summed E-state index contributed by atoms with van der Waals surface area (Å²) in [5, 5.41) is 21.6. The quantitative estimate of drug-likeness (QED) is 0.112. The number of aromatic carboxylic acids is 1. The molecule has 3 fully saturated rings. The van der Waals surface area contributed by atoms with Crippen molar-refractivity contribution < 1.29 is 77.9 Å². The van der Waals surface area contributed by atoms with Gasteiger partial charge in [0.15, 0.2) is 28.5 Å². The van der Waals surface area contributed by atoms with E-state index in [1.807, 2.05) is 73.3 Å². The normalized spacial score (nSPS) is 14.6. The predicted molar refractivity (Wildman–Crippen MR) is 288 cm³/mol. The monoisotopic (exact) mass is 1110 g/mol. The van der Waals surface area contributed by atoms with Crippen LogP contribution in [0.15, 0.2) is 55.4 Å². The fraction of sp³-hybridized carbons (Fsp3) is 0.529. The van der Waals surface area contributed by atoms with Crippen LogP contribution in [0.25, 0.3) is 16.9 Å². The Balaban J connectivity index is 0.000000285. The largest absolute Gasteiger partial charge is 1.00 e. The van der Waals surface area contributed by atoms with Crippen LogP contribution in [0.2, 0.25) is 5.15 Å². The Labute approximate surface area is 475 Å². The van der Waals surface area contributed by atoms with E-state index in [2.05, 4.69) is 35.1 Å². The molecule has 0 radical (unpaired) electrons. The Morgan fingerprint density at radius 1 is 0.494 bits per heavy atom. The second-order valence-electron chi connectivity index (χ2n) is 21.2. The molecule has 9 heterocycles. The van der Waals surface area contributed by atoms with Crippen molar-refractivity contribution in [1.82, 2.24) is 58.5 Å². The zero-order valence-electron chi connectivity index (χ0n) is 47.1. The molecule has 28 heteroatoms. The summed E-state index contributed by atoms with van der Waals surface area (Å²) in [6.45, 7) is 26.2. The first-order chi connectivity index (χ1) is 35.7. The van der Waals surface area contributed by atoms with Gasteiger partial charge in [0.2, 0.25) is 0 Å². The summed E-state index contributed by atoms with van der Waals surface area (Å²) >= 11 is 5.69. The fourth-order valence-corrected chi connectivity index (χ4v) is 7.99. The van der Waals surface area contributed by atoms with Crippen molar-refractivity contribution in [2.45, 2.75) is 112 Å². The molecule has 0 unspecified atom stereocenters. The number of fused-ring (bicyclic) bond motifs is 3. The zero-order chi connectivity index (χ0) is 55.7. The molecule has 0 spiro atoms. The third-order valence-corrected chi connectivity index (χ3v) is 11.8. The maximum atomic E-state index is 12.1. The summed E-state index contributed by atoms with van der Waals surface area (Å²) in [5.41, 5.74) is 1.04. The van der Waals surface area contributed by atoms with Gasteiger partial charge in [0.25, 0.3) is 0 Å². The number of halogens is 1. The molecule has 0 bridgehead atoms. The van der Waals surface area contributed by atoms with E-state index in [0.717, 1.165) is 31.7 Å². The van der Waals surface area contributed by atoms with Crippen molar-refractivity contribution in [2.24, 2.45) is 0 Å². The zero-order valence-corrected chi connectivity index (χ0v) is 47.9. The van der Waals surface area contributed by atoms with Gasteiger partial charge in [-0.3, -0.25) is 9.59 Å². The number of piperazine rings is 2. The van der Waals surface area contributed by atoms with Crippen LogP contribution >= 0.6 is 11.6 Å². The summed E-state index contributed by atoms with van der Waals surface area (Å²) in [5.74, 6) is 0.257. The van der Waals surface area contributed by atoms with E-state index in [-0.39, 0.29) is 70.8 Å². The van der Waals surface area contributed by atoms with E-state index < -0.39 is 17.2 Å². The molecule has 26 nitrogen and oxygen atoms in total. The number of carbonyl (C=O) groups is 6. The summed E-state index contributed by atoms with van der Waals surface area (Å²) in [4.78, 5) is 92.1. The van der Waals surface area contributed by atoms with Crippen LogP contribution in [-0.2, 0) is 14.2 Å². The Kier molecular flexibility index (Phi) is 23.6. The Hall–Kier alpha value is -7.11. The minimum atomic E-state index is -1.06. The maximum Gasteiger partial charge on any atom is 1.00 e. The molecular weight excluding hydrogens is 1040 g/mol. The molecule has 9 rings (SSSR count). The molecule has 3 amide bonds. The standard InChI is InChI=1S/C17H23N5O3.C16H21N5O4.C10H19NO2.C8H6ClN3O.Li.2H2O/c1-12(23)13-11-18-22-6-5-14(19-15(13)22)20-7-9-21(10-8-20)16(24)25-17(2,3)4;1-16(2,3)25-15(24)20-8-6-19(7-9-20)12-4-5-21-13(18-12)11(10-17-21)14(22)23;1-10(2,3)13-9(12)11-7-5-4-6-8-11;1-5(13)6-4-10-12-3-2-7(9)11-8(6)12;;;/h5-6,11H,7-10H2,1-4H3;4-5,10H,6-9H2,1-3H3,(H,22,23);4-8H2,1-3H3;2-4H,1H3;;2*1H2/q;;;;+1;;/p-1. The van der Waals surface area contributed by atoms with Crippen molar-refractivity contribution in [3.05, 3.63) is 77.2 Å². The first-order valence-corrected chi connectivity index (χ1v) is 25.4. The Morgan fingerprint density at radius 3 is 1.15 bits per heavy atom. The van der Waals surface area contributed by atoms with E-state index >= 15 is 0 Å². The first-order valence-electron chi connectivity index (χ1n) is 25.0. The molecule has 0 aliphatic carbocycles. The predicted octanol–water partition coefficient (Wildman–Crippen LogP) is 3.47. The van der Waals surface area contributed by atoms with Crippen LogP contribution in [0.1, 0.15) is 126 Å². The summed E-state index contributed by atoms with van der Waals surface area (Å²) < 4.78 is 20.6. The van der Waals surface area contributed by atoms with Crippen LogP contribution < -0.4 is 28.7 Å². The SMILES string of the molecule is CC(=O)c1cnn2ccc(Cl)nc12.CC(=O)c1cnn2ccc(N3CCN(C(=O)OC(C)(C)C)CC3)nc12.CC(C)(C)OC(=O)N1CCCCC1.CC(C)(C)OC(=O)N1CCN(c2ccn3ncc(C(=O)O)c3n2)CC1.O.[Li+].[OH-]. The second kappa shape index (κ2) is 28.2. The van der Waals surface area contributed by atoms with Crippen molar-refractivity contribution in [3.8, 4) is 0 Å². The molecule has 4 N–H and O–H groups in total. The Bertz CT molecular complexity index is 2900. The van der Waals surface area contributed by atoms with Gasteiger partial charge in [0.05, 0.1) is 29.7 Å². The molecule has 0 atom stereocenters. The maximum absolute atomic E-state index is 12.1. The smallest absolute Gasteiger partial charge is 0.870 e. The van der Waals surface area contributed by atoms with Gasteiger partial charge in [0, 0.05) is 84.0 Å². The van der Waals surface area contributed by atoms with Crippen molar-refractivity contribution in [2.75, 3.05) is 75.2 Å². The molecule has 0 aromatic carbocycles. The third-order valence-electron chi connectivity index (χ3n) is 11.6. The summed E-state index contributed by atoms with van der Waals surface area (Å²) in [7, 11) is 0. The number of rotatable bonds is 5. The fourth-order valence-electron chi connectivity index (χ4n) is 7.86. The van der Waals surface area contributed by atoms with E-state index in [1.54, 1.807) is 49.9 Å². The van der Waals surface area contributed by atoms with Gasteiger partial charge in [-0.05, 0) is 114 Å². The Morgan fingerprint density at radius 2 is 0.810 bits per heavy atom. The summed E-state index contributed by atoms with van der Waals surface area (Å²) in [6.07, 6.45) is 12.1. The topological polar surface area (TPSA) is 319 Å². The first kappa shape index (κ1) is 66.2. The number of carboxylic acids is 1. The molecule has 79 heavy (non-hydrogen) atoms. The molecule has 3 aliphatic rings. The number of piperidine rings is 1. The number of hydrogen-bond donors (Lipinski definition) is 1. The molecule has 6 aromatic rings. The molecule has 0 saturated carbocycles. The minimum Gasteiger partial charge on any atom is -0.870 e. The number of anilines is 2. The van der Waals surface area contributed by atoms with E-state index in [0.29, 0.717) is 91.4 Å². The number of ether oxygens (including phenoxy) is 3. The minimum absolute atomic E-state index is 0. The number of ketones is 2.